The van der Waals surface area contributed by atoms with Crippen molar-refractivity contribution in [2.24, 2.45) is 5.92 Å². The van der Waals surface area contributed by atoms with E-state index in [9.17, 15) is 4.79 Å². The first-order chi connectivity index (χ1) is 11.0. The third-order valence-electron chi connectivity index (χ3n) is 4.22. The molecule has 0 heterocycles. The van der Waals surface area contributed by atoms with Gasteiger partial charge in [-0.25, -0.2) is 0 Å². The molecule has 0 amide bonds. The molecule has 0 saturated heterocycles. The van der Waals surface area contributed by atoms with Crippen LogP contribution in [-0.4, -0.2) is 5.78 Å². The molecule has 1 nitrogen and oxygen atoms in total. The zero-order valence-electron chi connectivity index (χ0n) is 12.9. The molecule has 1 aliphatic rings. The number of benzene rings is 2. The summed E-state index contributed by atoms with van der Waals surface area (Å²) in [5, 5.41) is 1.34. The van der Waals surface area contributed by atoms with E-state index in [4.69, 9.17) is 23.2 Å². The maximum Gasteiger partial charge on any atom is 0.189 e. The molecule has 23 heavy (non-hydrogen) atoms. The van der Waals surface area contributed by atoms with E-state index < -0.39 is 0 Å². The fourth-order valence-corrected chi connectivity index (χ4v) is 3.29. The second-order valence-corrected chi connectivity index (χ2v) is 6.63. The van der Waals surface area contributed by atoms with E-state index in [0.717, 1.165) is 22.3 Å². The molecule has 0 bridgehead atoms. The third-order valence-corrected chi connectivity index (χ3v) is 4.73. The van der Waals surface area contributed by atoms with Gasteiger partial charge in [0, 0.05) is 27.1 Å². The van der Waals surface area contributed by atoms with Crippen molar-refractivity contribution in [1.29, 1.82) is 0 Å². The van der Waals surface area contributed by atoms with Gasteiger partial charge in [-0.15, -0.1) is 0 Å². The standard InChI is InChI=1S/C20H16Cl2O/c1-12-11-18(14-3-7-16(21)8-4-14)13(2)19(12)20(23)15-5-9-17(22)10-6-15/h3-11,13H,1-2H3. The van der Waals surface area contributed by atoms with Gasteiger partial charge in [0.05, 0.1) is 0 Å². The van der Waals surface area contributed by atoms with Crippen molar-refractivity contribution >= 4 is 34.6 Å². The van der Waals surface area contributed by atoms with Crippen LogP contribution >= 0.6 is 23.2 Å². The smallest absolute Gasteiger partial charge is 0.189 e. The second kappa shape index (κ2) is 6.35. The Bertz CT molecular complexity index is 812. The molecule has 3 rings (SSSR count). The lowest BCUT2D eigenvalue weighted by Crippen LogP contribution is -2.10. The SMILES string of the molecule is CC1=C(C(=O)c2ccc(Cl)cc2)C(C)C(c2ccc(Cl)cc2)=C1. The van der Waals surface area contributed by atoms with Crippen molar-refractivity contribution in [3.05, 3.63) is 86.9 Å². The highest BCUT2D eigenvalue weighted by Gasteiger charge is 2.28. The molecular weight excluding hydrogens is 327 g/mol. The monoisotopic (exact) mass is 342 g/mol. The van der Waals surface area contributed by atoms with Gasteiger partial charge in [-0.2, -0.15) is 0 Å². The van der Waals surface area contributed by atoms with Gasteiger partial charge >= 0.3 is 0 Å². The predicted molar refractivity (Wildman–Crippen MR) is 97.1 cm³/mol. The number of halogens is 2. The largest absolute Gasteiger partial charge is 0.289 e. The first kappa shape index (κ1) is 16.0. The first-order valence-electron chi connectivity index (χ1n) is 7.46. The molecule has 1 aliphatic carbocycles. The Morgan fingerprint density at radius 3 is 2.00 bits per heavy atom. The summed E-state index contributed by atoms with van der Waals surface area (Å²) >= 11 is 11.9. The van der Waals surface area contributed by atoms with E-state index in [1.807, 2.05) is 31.2 Å². The molecule has 0 aromatic heterocycles. The van der Waals surface area contributed by atoms with Crippen molar-refractivity contribution in [1.82, 2.24) is 0 Å². The average Bonchev–Trinajstić information content (AvgIpc) is 2.83. The van der Waals surface area contributed by atoms with Crippen LogP contribution in [0.5, 0.6) is 0 Å². The van der Waals surface area contributed by atoms with Crippen molar-refractivity contribution in [2.75, 3.05) is 0 Å². The highest BCUT2D eigenvalue weighted by atomic mass is 35.5. The van der Waals surface area contributed by atoms with Crippen LogP contribution in [0.3, 0.4) is 0 Å². The van der Waals surface area contributed by atoms with Gasteiger partial charge < -0.3 is 0 Å². The van der Waals surface area contributed by atoms with Crippen LogP contribution < -0.4 is 0 Å². The summed E-state index contributed by atoms with van der Waals surface area (Å²) in [6, 6.07) is 14.8. The summed E-state index contributed by atoms with van der Waals surface area (Å²) in [6.45, 7) is 4.06. The molecule has 2 aromatic carbocycles. The van der Waals surface area contributed by atoms with Crippen LogP contribution in [0.4, 0.5) is 0 Å². The number of allylic oxidation sites excluding steroid dienone is 4. The quantitative estimate of drug-likeness (QED) is 0.604. The maximum absolute atomic E-state index is 12.9. The number of carbonyl (C=O) groups is 1. The van der Waals surface area contributed by atoms with Gasteiger partial charge in [-0.05, 0) is 60.0 Å². The van der Waals surface area contributed by atoms with Gasteiger partial charge in [0.25, 0.3) is 0 Å². The molecule has 0 radical (unpaired) electrons. The first-order valence-corrected chi connectivity index (χ1v) is 8.21. The van der Waals surface area contributed by atoms with Gasteiger partial charge in [0.1, 0.15) is 0 Å². The van der Waals surface area contributed by atoms with Gasteiger partial charge in [-0.3, -0.25) is 4.79 Å². The van der Waals surface area contributed by atoms with Crippen LogP contribution in [0.25, 0.3) is 5.57 Å². The number of hydrogen-bond donors (Lipinski definition) is 0. The van der Waals surface area contributed by atoms with Crippen molar-refractivity contribution < 1.29 is 4.79 Å². The summed E-state index contributed by atoms with van der Waals surface area (Å²) in [6.07, 6.45) is 2.09. The number of carbonyl (C=O) groups excluding carboxylic acids is 1. The predicted octanol–water partition coefficient (Wildman–Crippen LogP) is 6.23. The molecule has 116 valence electrons. The molecule has 1 atom stereocenters. The topological polar surface area (TPSA) is 17.1 Å². The second-order valence-electron chi connectivity index (χ2n) is 5.76. The Morgan fingerprint density at radius 2 is 1.43 bits per heavy atom. The minimum absolute atomic E-state index is 0.0550. The number of rotatable bonds is 3. The molecular formula is C20H16Cl2O. The lowest BCUT2D eigenvalue weighted by atomic mass is 9.88. The zero-order chi connectivity index (χ0) is 16.6. The molecule has 3 heteroatoms. The molecule has 2 aromatic rings. The summed E-state index contributed by atoms with van der Waals surface area (Å²) in [7, 11) is 0. The van der Waals surface area contributed by atoms with E-state index in [-0.39, 0.29) is 11.7 Å². The zero-order valence-corrected chi connectivity index (χ0v) is 14.4. The Kier molecular flexibility index (Phi) is 4.43. The molecule has 0 N–H and O–H groups in total. The minimum atomic E-state index is 0.0550. The van der Waals surface area contributed by atoms with E-state index in [0.29, 0.717) is 15.6 Å². The van der Waals surface area contributed by atoms with E-state index in [2.05, 4.69) is 13.0 Å². The fourth-order valence-electron chi connectivity index (χ4n) is 3.04. The lowest BCUT2D eigenvalue weighted by Gasteiger charge is -2.15. The Morgan fingerprint density at radius 1 is 0.913 bits per heavy atom. The van der Waals surface area contributed by atoms with E-state index in [1.54, 1.807) is 24.3 Å². The normalized spacial score (nSPS) is 17.4. The van der Waals surface area contributed by atoms with Crippen molar-refractivity contribution in [3.8, 4) is 0 Å². The molecule has 0 aliphatic heterocycles. The Labute approximate surface area is 146 Å². The number of Topliss-reactive ketones (excluding diaryl/α,β-unsaturated/α-hetero) is 1. The Hall–Kier alpha value is -1.83. The van der Waals surface area contributed by atoms with Crippen LogP contribution in [0.15, 0.2) is 65.8 Å². The lowest BCUT2D eigenvalue weighted by molar-refractivity contribution is 0.102. The van der Waals surface area contributed by atoms with Crippen LogP contribution in [-0.2, 0) is 0 Å². The average molecular weight is 343 g/mol. The molecule has 0 saturated carbocycles. The third kappa shape index (κ3) is 3.12. The summed E-state index contributed by atoms with van der Waals surface area (Å²) < 4.78 is 0. The number of hydrogen-bond acceptors (Lipinski definition) is 1. The van der Waals surface area contributed by atoms with Gasteiger partial charge in [0.2, 0.25) is 0 Å². The van der Waals surface area contributed by atoms with Crippen molar-refractivity contribution in [2.45, 2.75) is 13.8 Å². The number of ketones is 1. The fraction of sp³-hybridized carbons (Fsp3) is 0.150. The summed E-state index contributed by atoms with van der Waals surface area (Å²) in [4.78, 5) is 12.9. The van der Waals surface area contributed by atoms with E-state index in [1.165, 1.54) is 0 Å². The minimum Gasteiger partial charge on any atom is -0.289 e. The van der Waals surface area contributed by atoms with Crippen LogP contribution in [0.1, 0.15) is 29.8 Å². The van der Waals surface area contributed by atoms with Gasteiger partial charge in [0.15, 0.2) is 5.78 Å². The van der Waals surface area contributed by atoms with Crippen LogP contribution in [0.2, 0.25) is 10.0 Å². The molecule has 0 fully saturated rings. The van der Waals surface area contributed by atoms with Crippen LogP contribution in [0, 0.1) is 5.92 Å². The highest BCUT2D eigenvalue weighted by Crippen LogP contribution is 2.39. The molecule has 1 unspecified atom stereocenters. The van der Waals surface area contributed by atoms with E-state index >= 15 is 0 Å². The maximum atomic E-state index is 12.9. The highest BCUT2D eigenvalue weighted by molar-refractivity contribution is 6.31. The Balaban J connectivity index is 1.91. The van der Waals surface area contributed by atoms with Gasteiger partial charge in [-0.1, -0.05) is 48.3 Å². The molecule has 0 spiro atoms. The summed E-state index contributed by atoms with van der Waals surface area (Å²) in [5.74, 6) is 0.117. The van der Waals surface area contributed by atoms with Crippen molar-refractivity contribution in [3.63, 3.8) is 0 Å². The summed E-state index contributed by atoms with van der Waals surface area (Å²) in [5.41, 5.74) is 4.78.